The Hall–Kier alpha value is -0.310. The van der Waals surface area contributed by atoms with E-state index >= 15 is 0 Å². The largest absolute Gasteiger partial charge is 0.544 e. The van der Waals surface area contributed by atoms with Crippen molar-refractivity contribution in [3.8, 4) is 0 Å². The van der Waals surface area contributed by atoms with E-state index in [0.717, 1.165) is 12.8 Å². The Morgan fingerprint density at radius 2 is 2.00 bits per heavy atom. The number of carbonyl (C=O) groups excluding carboxylic acids is 1. The van der Waals surface area contributed by atoms with E-state index in [1.165, 1.54) is 16.1 Å². The van der Waals surface area contributed by atoms with Crippen LogP contribution in [0.1, 0.15) is 12.8 Å². The highest BCUT2D eigenvalue weighted by atomic mass is 32.2. The smallest absolute Gasteiger partial charge is 0.372 e. The zero-order chi connectivity index (χ0) is 11.8. The number of thioether (sulfide) groups is 1. The molecule has 0 radical (unpaired) electrons. The lowest BCUT2D eigenvalue weighted by atomic mass is 10.4. The fraction of sp³-hybridized carbons (Fsp3) is 0.875. The molecule has 1 N–H and O–H groups in total. The molecule has 2 aliphatic rings. The molecular weight excluding hydrogens is 252 g/mol. The third kappa shape index (κ3) is 2.06. The van der Waals surface area contributed by atoms with Crippen molar-refractivity contribution >= 4 is 27.9 Å². The summed E-state index contributed by atoms with van der Waals surface area (Å²) in [7, 11) is -3.52. The number of carbonyl (C=O) groups is 1. The molecule has 92 valence electrons. The Kier molecular flexibility index (Phi) is 3.43. The predicted octanol–water partition coefficient (Wildman–Crippen LogP) is -2.97. The molecule has 2 aliphatic heterocycles. The maximum Gasteiger partial charge on any atom is 0.372 e. The van der Waals surface area contributed by atoms with Crippen LogP contribution in [0.15, 0.2) is 0 Å². The van der Waals surface area contributed by atoms with Gasteiger partial charge in [-0.05, 0) is 12.8 Å². The van der Waals surface area contributed by atoms with Gasteiger partial charge < -0.3 is 9.90 Å². The van der Waals surface area contributed by atoms with E-state index in [-0.39, 0.29) is 10.2 Å². The Morgan fingerprint density at radius 3 is 2.56 bits per heavy atom. The van der Waals surface area contributed by atoms with E-state index in [1.807, 2.05) is 0 Å². The summed E-state index contributed by atoms with van der Waals surface area (Å²) in [5.74, 6) is -0.676. The van der Waals surface area contributed by atoms with Crippen molar-refractivity contribution in [3.05, 3.63) is 0 Å². The Bertz CT molecular complexity index is 377. The summed E-state index contributed by atoms with van der Waals surface area (Å²) in [5, 5.41) is 10.8. The van der Waals surface area contributed by atoms with E-state index in [9.17, 15) is 18.3 Å². The van der Waals surface area contributed by atoms with E-state index in [2.05, 4.69) is 0 Å². The fourth-order valence-corrected chi connectivity index (χ4v) is 5.67. The van der Waals surface area contributed by atoms with Gasteiger partial charge in [0.25, 0.3) is 0 Å². The van der Waals surface area contributed by atoms with Crippen molar-refractivity contribution in [1.29, 1.82) is 0 Å². The number of hydrogen-bond acceptors (Lipinski definition) is 5. The average Bonchev–Trinajstić information content (AvgIpc) is 2.89. The van der Waals surface area contributed by atoms with Gasteiger partial charge in [-0.25, -0.2) is 0 Å². The molecule has 0 amide bonds. The summed E-state index contributed by atoms with van der Waals surface area (Å²) < 4.78 is 25.8. The van der Waals surface area contributed by atoms with Gasteiger partial charge in [0.05, 0.1) is 5.75 Å². The topological polar surface area (TPSA) is 81.9 Å². The molecule has 0 aromatic carbocycles. The monoisotopic (exact) mass is 266 g/mol. The van der Waals surface area contributed by atoms with Crippen LogP contribution in [-0.4, -0.2) is 49.5 Å². The first-order chi connectivity index (χ1) is 7.53. The minimum Gasteiger partial charge on any atom is -0.544 e. The van der Waals surface area contributed by atoms with Crippen LogP contribution in [-0.2, 0) is 15.0 Å². The second-order valence-corrected chi connectivity index (χ2v) is 6.99. The summed E-state index contributed by atoms with van der Waals surface area (Å²) in [4.78, 5) is 10.8. The number of rotatable bonds is 3. The lowest BCUT2D eigenvalue weighted by Gasteiger charge is -2.24. The first-order valence-corrected chi connectivity index (χ1v) is 7.77. The van der Waals surface area contributed by atoms with Crippen molar-refractivity contribution in [2.24, 2.45) is 0 Å². The van der Waals surface area contributed by atoms with Gasteiger partial charge in [-0.15, -0.1) is 0 Å². The van der Waals surface area contributed by atoms with Crippen LogP contribution in [0.4, 0.5) is 0 Å². The number of nitrogens with one attached hydrogen (secondary N) is 1. The van der Waals surface area contributed by atoms with E-state index in [0.29, 0.717) is 18.8 Å². The zero-order valence-electron chi connectivity index (χ0n) is 8.72. The normalized spacial score (nSPS) is 32.0. The molecule has 0 aliphatic carbocycles. The molecular formula is C8H14N2O4S2. The molecule has 2 fully saturated rings. The summed E-state index contributed by atoms with van der Waals surface area (Å²) >= 11 is 1.34. The molecule has 8 heteroatoms. The zero-order valence-corrected chi connectivity index (χ0v) is 10.3. The molecule has 2 rings (SSSR count). The first kappa shape index (κ1) is 12.2. The van der Waals surface area contributed by atoms with Gasteiger partial charge >= 0.3 is 10.2 Å². The summed E-state index contributed by atoms with van der Waals surface area (Å²) in [6.07, 6.45) is 1.71. The summed E-state index contributed by atoms with van der Waals surface area (Å²) in [6, 6.07) is -0.935. The number of hydrogen-bond donors (Lipinski definition) is 1. The highest BCUT2D eigenvalue weighted by Gasteiger charge is 2.43. The molecule has 1 unspecified atom stereocenters. The van der Waals surface area contributed by atoms with Crippen LogP contribution in [0.25, 0.3) is 0 Å². The van der Waals surface area contributed by atoms with Crippen molar-refractivity contribution < 1.29 is 22.6 Å². The third-order valence-corrected chi connectivity index (χ3v) is 6.34. The Labute approximate surface area is 98.8 Å². The highest BCUT2D eigenvalue weighted by molar-refractivity contribution is 7.99. The number of aliphatic carboxylic acids is 1. The van der Waals surface area contributed by atoms with Crippen molar-refractivity contribution in [1.82, 2.24) is 4.31 Å². The average molecular weight is 266 g/mol. The van der Waals surface area contributed by atoms with Gasteiger partial charge in [0, 0.05) is 13.1 Å². The van der Waals surface area contributed by atoms with Gasteiger partial charge in [0.1, 0.15) is 11.8 Å². The Morgan fingerprint density at radius 1 is 1.38 bits per heavy atom. The molecule has 6 nitrogen and oxygen atoms in total. The first-order valence-electron chi connectivity index (χ1n) is 5.18. The second-order valence-electron chi connectivity index (χ2n) is 3.96. The minimum absolute atomic E-state index is 0.124. The van der Waals surface area contributed by atoms with Gasteiger partial charge in [-0.2, -0.15) is 17.0 Å². The maximum absolute atomic E-state index is 12.1. The maximum atomic E-state index is 12.1. The molecule has 0 aromatic heterocycles. The van der Waals surface area contributed by atoms with Crippen LogP contribution in [0.2, 0.25) is 0 Å². The van der Waals surface area contributed by atoms with Crippen LogP contribution in [0.5, 0.6) is 0 Å². The van der Waals surface area contributed by atoms with Crippen LogP contribution in [0.3, 0.4) is 0 Å². The summed E-state index contributed by atoms with van der Waals surface area (Å²) in [5.41, 5.74) is 0. The summed E-state index contributed by atoms with van der Waals surface area (Å²) in [6.45, 7) is 1.02. The molecule has 0 spiro atoms. The van der Waals surface area contributed by atoms with E-state index in [1.54, 1.807) is 0 Å². The highest BCUT2D eigenvalue weighted by Crippen LogP contribution is 2.13. The number of quaternary nitrogens is 1. The van der Waals surface area contributed by atoms with E-state index in [4.69, 9.17) is 0 Å². The SMILES string of the molecule is O=C([O-])[C@@H]1CSC[NH+]1S(=O)(=O)N1CCCC1. The van der Waals surface area contributed by atoms with Crippen LogP contribution >= 0.6 is 11.8 Å². The van der Waals surface area contributed by atoms with Crippen molar-refractivity contribution in [2.45, 2.75) is 18.9 Å². The standard InChI is InChI=1S/C8H14N2O4S2/c11-8(12)7-5-15-6-10(7)16(13,14)9-3-1-2-4-9/h7H,1-6H2,(H,11,12)/t7-/m0/s1. The lowest BCUT2D eigenvalue weighted by molar-refractivity contribution is -0.769. The van der Waals surface area contributed by atoms with Gasteiger partial charge in [0.2, 0.25) is 0 Å². The molecule has 0 saturated carbocycles. The van der Waals surface area contributed by atoms with Crippen molar-refractivity contribution in [3.63, 3.8) is 0 Å². The fourth-order valence-electron chi connectivity index (χ4n) is 2.02. The number of nitrogens with zero attached hydrogens (tertiary/aromatic N) is 1. The van der Waals surface area contributed by atoms with Crippen LogP contribution < -0.4 is 9.41 Å². The molecule has 16 heavy (non-hydrogen) atoms. The van der Waals surface area contributed by atoms with Crippen LogP contribution in [0, 0.1) is 0 Å². The van der Waals surface area contributed by atoms with Gasteiger partial charge in [-0.3, -0.25) is 0 Å². The Balaban J connectivity index is 2.19. The minimum atomic E-state index is -3.52. The lowest BCUT2D eigenvalue weighted by Crippen LogP contribution is -3.18. The van der Waals surface area contributed by atoms with E-state index < -0.39 is 22.2 Å². The predicted molar refractivity (Wildman–Crippen MR) is 56.8 cm³/mol. The van der Waals surface area contributed by atoms with Crippen molar-refractivity contribution in [2.75, 3.05) is 24.7 Å². The molecule has 0 bridgehead atoms. The molecule has 0 aromatic rings. The quantitative estimate of drug-likeness (QED) is 0.590. The molecule has 2 atom stereocenters. The number of carboxylic acids is 1. The third-order valence-electron chi connectivity index (χ3n) is 2.94. The second kappa shape index (κ2) is 4.52. The van der Waals surface area contributed by atoms with Gasteiger partial charge in [-0.1, -0.05) is 11.8 Å². The van der Waals surface area contributed by atoms with Gasteiger partial charge in [0.15, 0.2) is 6.04 Å². The molecule has 2 heterocycles. The number of carboxylic acid groups (broad SMARTS) is 1. The molecule has 2 saturated heterocycles.